The molecule has 0 aromatic carbocycles. The zero-order chi connectivity index (χ0) is 20.8. The van der Waals surface area contributed by atoms with E-state index in [1.165, 1.54) is 0 Å². The van der Waals surface area contributed by atoms with Gasteiger partial charge in [0.15, 0.2) is 0 Å². The fraction of sp³-hybridized carbons (Fsp3) is 0.455. The summed E-state index contributed by atoms with van der Waals surface area (Å²) in [5.41, 5.74) is -0.795. The fourth-order valence-corrected chi connectivity index (χ4v) is 1.58. The van der Waals surface area contributed by atoms with Crippen molar-refractivity contribution in [3.8, 4) is 0 Å². The normalized spacial score (nSPS) is 14.3. The lowest BCUT2D eigenvalue weighted by Gasteiger charge is -2.36. The molecule has 0 radical (unpaired) electrons. The second-order valence-electron chi connectivity index (χ2n) is 4.62. The highest BCUT2D eigenvalue weighted by Gasteiger charge is 2.88. The first-order valence-corrected chi connectivity index (χ1v) is 6.28. The first-order valence-electron chi connectivity index (χ1n) is 5.90. The van der Waals surface area contributed by atoms with Gasteiger partial charge in [-0.25, -0.2) is 4.98 Å². The first-order chi connectivity index (χ1) is 11.4. The smallest absolute Gasteiger partial charge is 0.320 e. The van der Waals surface area contributed by atoms with Gasteiger partial charge in [0.05, 0.1) is 0 Å². The van der Waals surface area contributed by atoms with Crippen molar-refractivity contribution in [2.24, 2.45) is 0 Å². The van der Waals surface area contributed by atoms with E-state index in [9.17, 15) is 53.1 Å². The van der Waals surface area contributed by atoms with E-state index in [0.29, 0.717) is 12.1 Å². The van der Waals surface area contributed by atoms with Crippen molar-refractivity contribution < 1.29 is 53.1 Å². The molecule has 0 saturated carbocycles. The number of carbonyl (C=O) groups excluding carboxylic acids is 1. The molecule has 0 bridgehead atoms. The molecule has 0 aliphatic carbocycles. The van der Waals surface area contributed by atoms with Crippen LogP contribution in [0.2, 0.25) is 5.15 Å². The molecule has 0 atom stereocenters. The van der Waals surface area contributed by atoms with E-state index >= 15 is 0 Å². The quantitative estimate of drug-likeness (QED) is 0.546. The number of alkyl halides is 11. The van der Waals surface area contributed by atoms with Crippen LogP contribution in [-0.2, 0) is 4.79 Å². The molecule has 1 rings (SSSR count). The van der Waals surface area contributed by atoms with Gasteiger partial charge < -0.3 is 5.32 Å². The monoisotopic (exact) mass is 424 g/mol. The summed E-state index contributed by atoms with van der Waals surface area (Å²) in [6.45, 7) is 0. The predicted octanol–water partition coefficient (Wildman–Crippen LogP) is 4.78. The van der Waals surface area contributed by atoms with E-state index in [1.807, 2.05) is 0 Å². The second kappa shape index (κ2) is 6.39. The zero-order valence-corrected chi connectivity index (χ0v) is 12.4. The first kappa shape index (κ1) is 22.2. The highest BCUT2D eigenvalue weighted by atomic mass is 35.5. The molecule has 1 amide bonds. The van der Waals surface area contributed by atoms with E-state index in [2.05, 4.69) is 4.98 Å². The summed E-state index contributed by atoms with van der Waals surface area (Å²) in [6.07, 6.45) is -6.55. The van der Waals surface area contributed by atoms with Crippen LogP contribution in [-0.4, -0.2) is 40.8 Å². The standard InChI is InChI=1S/C11H4ClF11N2O/c12-5-3-4(1-2-24-5)25-6(26)7(13,14)8(15,16)9(17,18)10(19,20)11(21,22)23/h1-3H,(H,24,25,26). The van der Waals surface area contributed by atoms with Crippen LogP contribution >= 0.6 is 11.6 Å². The van der Waals surface area contributed by atoms with Crippen LogP contribution in [0.4, 0.5) is 54.0 Å². The Labute approximate surface area is 141 Å². The number of pyridine rings is 1. The highest BCUT2D eigenvalue weighted by Crippen LogP contribution is 2.57. The van der Waals surface area contributed by atoms with Gasteiger partial charge in [-0.3, -0.25) is 4.79 Å². The Balaban J connectivity index is 3.28. The highest BCUT2D eigenvalue weighted by molar-refractivity contribution is 6.29. The zero-order valence-electron chi connectivity index (χ0n) is 11.6. The maximum atomic E-state index is 13.4. The molecule has 0 spiro atoms. The Morgan fingerprint density at radius 1 is 0.885 bits per heavy atom. The molecule has 0 unspecified atom stereocenters. The number of hydrogen-bond donors (Lipinski definition) is 1. The number of carbonyl (C=O) groups is 1. The number of rotatable bonds is 5. The van der Waals surface area contributed by atoms with Gasteiger partial charge in [0.1, 0.15) is 5.15 Å². The van der Waals surface area contributed by atoms with Crippen molar-refractivity contribution in [2.75, 3.05) is 5.32 Å². The molecule has 3 nitrogen and oxygen atoms in total. The summed E-state index contributed by atoms with van der Waals surface area (Å²) in [7, 11) is 0. The van der Waals surface area contributed by atoms with Crippen molar-refractivity contribution in [3.05, 3.63) is 23.5 Å². The molecule has 0 aliphatic heterocycles. The van der Waals surface area contributed by atoms with Gasteiger partial charge in [-0.05, 0) is 12.1 Å². The van der Waals surface area contributed by atoms with E-state index < -0.39 is 46.6 Å². The van der Waals surface area contributed by atoms with Crippen molar-refractivity contribution >= 4 is 23.2 Å². The SMILES string of the molecule is O=C(Nc1ccnc(Cl)c1)C(F)(F)C(F)(F)C(F)(F)C(F)(F)C(F)(F)F. The van der Waals surface area contributed by atoms with Gasteiger partial charge in [-0.2, -0.15) is 48.3 Å². The molecule has 1 aromatic heterocycles. The largest absolute Gasteiger partial charge is 0.460 e. The van der Waals surface area contributed by atoms with Gasteiger partial charge in [0, 0.05) is 11.9 Å². The van der Waals surface area contributed by atoms with Crippen LogP contribution in [0, 0.1) is 0 Å². The molecule has 148 valence electrons. The molecule has 15 heteroatoms. The van der Waals surface area contributed by atoms with Crippen LogP contribution in [0.5, 0.6) is 0 Å². The van der Waals surface area contributed by atoms with Crippen molar-refractivity contribution in [2.45, 2.75) is 29.9 Å². The molecule has 0 fully saturated rings. The minimum absolute atomic E-state index is 0.480. The third kappa shape index (κ3) is 3.38. The summed E-state index contributed by atoms with van der Waals surface area (Å²) < 4.78 is 140. The maximum absolute atomic E-state index is 13.4. The van der Waals surface area contributed by atoms with E-state index in [-0.39, 0.29) is 0 Å². The summed E-state index contributed by atoms with van der Waals surface area (Å²) >= 11 is 5.27. The summed E-state index contributed by atoms with van der Waals surface area (Å²) in [5.74, 6) is -32.6. The number of hydrogen-bond acceptors (Lipinski definition) is 2. The average molecular weight is 425 g/mol. The Kier molecular flexibility index (Phi) is 5.45. The maximum Gasteiger partial charge on any atom is 0.460 e. The Morgan fingerprint density at radius 3 is 1.81 bits per heavy atom. The Hall–Kier alpha value is -1.86. The molecule has 26 heavy (non-hydrogen) atoms. The van der Waals surface area contributed by atoms with Crippen LogP contribution in [0.1, 0.15) is 0 Å². The van der Waals surface area contributed by atoms with Crippen LogP contribution in [0.25, 0.3) is 0 Å². The third-order valence-corrected chi connectivity index (χ3v) is 3.02. The minimum atomic E-state index is -7.66. The summed E-state index contributed by atoms with van der Waals surface area (Å²) in [5, 5.41) is 0.459. The third-order valence-electron chi connectivity index (χ3n) is 2.81. The summed E-state index contributed by atoms with van der Waals surface area (Å²) in [6, 6.07) is 1.25. The second-order valence-corrected chi connectivity index (χ2v) is 5.00. The van der Waals surface area contributed by atoms with Crippen molar-refractivity contribution in [3.63, 3.8) is 0 Å². The predicted molar refractivity (Wildman–Crippen MR) is 63.7 cm³/mol. The van der Waals surface area contributed by atoms with Crippen LogP contribution < -0.4 is 5.32 Å². The van der Waals surface area contributed by atoms with Gasteiger partial charge in [-0.1, -0.05) is 11.6 Å². The van der Waals surface area contributed by atoms with E-state index in [4.69, 9.17) is 11.6 Å². The van der Waals surface area contributed by atoms with Crippen LogP contribution in [0.15, 0.2) is 18.3 Å². The number of nitrogens with zero attached hydrogens (tertiary/aromatic N) is 1. The topological polar surface area (TPSA) is 42.0 Å². The van der Waals surface area contributed by atoms with Crippen molar-refractivity contribution in [1.29, 1.82) is 0 Å². The van der Waals surface area contributed by atoms with Crippen LogP contribution in [0.3, 0.4) is 0 Å². The van der Waals surface area contributed by atoms with Gasteiger partial charge in [0.2, 0.25) is 0 Å². The number of halogens is 12. The lowest BCUT2D eigenvalue weighted by molar-refractivity contribution is -0.416. The van der Waals surface area contributed by atoms with E-state index in [1.54, 1.807) is 0 Å². The lowest BCUT2D eigenvalue weighted by Crippen LogP contribution is -2.68. The van der Waals surface area contributed by atoms with Gasteiger partial charge in [0.25, 0.3) is 0 Å². The number of nitrogens with one attached hydrogen (secondary N) is 1. The molecule has 0 saturated heterocycles. The van der Waals surface area contributed by atoms with Crippen molar-refractivity contribution in [1.82, 2.24) is 4.98 Å². The number of anilines is 1. The lowest BCUT2D eigenvalue weighted by atomic mass is 9.97. The van der Waals surface area contributed by atoms with E-state index in [0.717, 1.165) is 11.5 Å². The molecule has 1 aromatic rings. The fourth-order valence-electron chi connectivity index (χ4n) is 1.40. The Morgan fingerprint density at radius 2 is 1.38 bits per heavy atom. The molecule has 1 N–H and O–H groups in total. The molecule has 1 heterocycles. The number of aromatic nitrogens is 1. The number of amides is 1. The minimum Gasteiger partial charge on any atom is -0.320 e. The molecule has 0 aliphatic rings. The van der Waals surface area contributed by atoms with Gasteiger partial charge in [-0.15, -0.1) is 0 Å². The average Bonchev–Trinajstić information content (AvgIpc) is 2.45. The Bertz CT molecular complexity index is 689. The van der Waals surface area contributed by atoms with Gasteiger partial charge >= 0.3 is 35.8 Å². The molecular formula is C11H4ClF11N2O. The summed E-state index contributed by atoms with van der Waals surface area (Å²) in [4.78, 5) is 14.4. The molecular weight excluding hydrogens is 421 g/mol.